The number of phenolic OH excluding ortho intramolecular Hbond substituents is 1. The van der Waals surface area contributed by atoms with E-state index in [2.05, 4.69) is 16.9 Å². The van der Waals surface area contributed by atoms with Gasteiger partial charge in [-0.1, -0.05) is 0 Å². The molecule has 0 aliphatic rings. The third kappa shape index (κ3) is 1.16. The van der Waals surface area contributed by atoms with Crippen LogP contribution in [0.25, 0.3) is 10.9 Å². The quantitative estimate of drug-likeness (QED) is 0.622. The van der Waals surface area contributed by atoms with Gasteiger partial charge in [-0.15, -0.1) is 0 Å². The Morgan fingerprint density at radius 1 is 1.46 bits per heavy atom. The molecule has 2 N–H and O–H groups in total. The highest BCUT2D eigenvalue weighted by Gasteiger charge is 2.04. The zero-order valence-electron chi connectivity index (χ0n) is 6.74. The van der Waals surface area contributed by atoms with Gasteiger partial charge in [0.2, 0.25) is 0 Å². The normalized spacial score (nSPS) is 10.5. The second kappa shape index (κ2) is 2.58. The molecule has 0 fully saturated rings. The molecule has 4 nitrogen and oxygen atoms in total. The lowest BCUT2D eigenvalue weighted by molar-refractivity contribution is 0.480. The third-order valence-corrected chi connectivity index (χ3v) is 1.78. The molecule has 4 heteroatoms. The number of phenols is 1. The number of aromatic amines is 1. The lowest BCUT2D eigenvalue weighted by Gasteiger charge is -1.99. The maximum absolute atomic E-state index is 11.2. The van der Waals surface area contributed by atoms with Crippen molar-refractivity contribution in [2.45, 2.75) is 0 Å². The molecular weight excluding hydrogens is 168 g/mol. The summed E-state index contributed by atoms with van der Waals surface area (Å²) in [5.41, 5.74) is 0.616. The summed E-state index contributed by atoms with van der Waals surface area (Å²) in [6, 6.07) is 3.05. The molecule has 0 saturated heterocycles. The van der Waals surface area contributed by atoms with E-state index in [1.807, 2.05) is 0 Å². The van der Waals surface area contributed by atoms with Crippen molar-refractivity contribution in [3.63, 3.8) is 0 Å². The van der Waals surface area contributed by atoms with E-state index in [1.54, 1.807) is 6.07 Å². The molecule has 0 spiro atoms. The molecule has 0 aliphatic heterocycles. The SMILES string of the molecule is [CH2]c1cc(O)c2nc[nH]c(=O)c2c1. The molecule has 0 bridgehead atoms. The molecule has 2 aromatic rings. The Bertz CT molecular complexity index is 516. The number of nitrogens with zero attached hydrogens (tertiary/aromatic N) is 1. The number of hydrogen-bond donors (Lipinski definition) is 2. The van der Waals surface area contributed by atoms with Crippen LogP contribution in [0.2, 0.25) is 0 Å². The molecule has 0 unspecified atom stereocenters. The number of H-pyrrole nitrogens is 1. The second-order valence-corrected chi connectivity index (χ2v) is 2.74. The van der Waals surface area contributed by atoms with Crippen molar-refractivity contribution in [3.05, 3.63) is 41.3 Å². The molecule has 0 amide bonds. The highest BCUT2D eigenvalue weighted by molar-refractivity contribution is 5.84. The number of rotatable bonds is 0. The first-order valence-corrected chi connectivity index (χ1v) is 3.71. The van der Waals surface area contributed by atoms with Gasteiger partial charge in [0.15, 0.2) is 0 Å². The van der Waals surface area contributed by atoms with Crippen LogP contribution in [-0.4, -0.2) is 15.1 Å². The molecule has 0 saturated carbocycles. The van der Waals surface area contributed by atoms with E-state index in [9.17, 15) is 9.90 Å². The van der Waals surface area contributed by atoms with Crippen LogP contribution in [0.1, 0.15) is 5.56 Å². The van der Waals surface area contributed by atoms with Gasteiger partial charge in [-0.25, -0.2) is 4.98 Å². The number of aromatic hydroxyl groups is 1. The van der Waals surface area contributed by atoms with Gasteiger partial charge in [0.1, 0.15) is 11.3 Å². The minimum absolute atomic E-state index is 0.0198. The summed E-state index contributed by atoms with van der Waals surface area (Å²) in [5.74, 6) is -0.0198. The summed E-state index contributed by atoms with van der Waals surface area (Å²) in [6.07, 6.45) is 1.26. The standard InChI is InChI=1S/C9H7N2O2/c1-5-2-6-8(7(12)3-5)10-4-11-9(6)13/h2-4,12H,1H2,(H,10,11,13). The Morgan fingerprint density at radius 3 is 3.00 bits per heavy atom. The van der Waals surface area contributed by atoms with E-state index < -0.39 is 0 Å². The molecule has 65 valence electrons. The lowest BCUT2D eigenvalue weighted by atomic mass is 10.1. The minimum atomic E-state index is -0.272. The first kappa shape index (κ1) is 7.79. The van der Waals surface area contributed by atoms with Gasteiger partial charge in [-0.05, 0) is 24.6 Å². The van der Waals surface area contributed by atoms with Crippen LogP contribution >= 0.6 is 0 Å². The Morgan fingerprint density at radius 2 is 2.23 bits per heavy atom. The smallest absolute Gasteiger partial charge is 0.258 e. The summed E-state index contributed by atoms with van der Waals surface area (Å²) in [4.78, 5) is 17.5. The van der Waals surface area contributed by atoms with Gasteiger partial charge in [-0.3, -0.25) is 4.79 Å². The number of hydrogen-bond acceptors (Lipinski definition) is 3. The predicted octanol–water partition coefficient (Wildman–Crippen LogP) is 0.811. The van der Waals surface area contributed by atoms with Crippen molar-refractivity contribution in [2.24, 2.45) is 0 Å². The molecule has 13 heavy (non-hydrogen) atoms. The van der Waals surface area contributed by atoms with Crippen LogP contribution in [0.15, 0.2) is 23.3 Å². The van der Waals surface area contributed by atoms with Crippen LogP contribution in [0.3, 0.4) is 0 Å². The summed E-state index contributed by atoms with van der Waals surface area (Å²) in [7, 11) is 0. The van der Waals surface area contributed by atoms with E-state index in [-0.39, 0.29) is 11.3 Å². The average molecular weight is 175 g/mol. The third-order valence-electron chi connectivity index (χ3n) is 1.78. The lowest BCUT2D eigenvalue weighted by Crippen LogP contribution is -2.06. The number of benzene rings is 1. The van der Waals surface area contributed by atoms with Gasteiger partial charge < -0.3 is 10.1 Å². The Kier molecular flexibility index (Phi) is 1.55. The van der Waals surface area contributed by atoms with E-state index in [0.29, 0.717) is 16.5 Å². The van der Waals surface area contributed by atoms with Crippen molar-refractivity contribution in [1.29, 1.82) is 0 Å². The van der Waals surface area contributed by atoms with E-state index in [0.717, 1.165) is 0 Å². The van der Waals surface area contributed by atoms with Gasteiger partial charge >= 0.3 is 0 Å². The van der Waals surface area contributed by atoms with Crippen LogP contribution in [0.5, 0.6) is 5.75 Å². The van der Waals surface area contributed by atoms with Crippen LogP contribution < -0.4 is 5.56 Å². The monoisotopic (exact) mass is 175 g/mol. The Labute approximate surface area is 73.9 Å². The van der Waals surface area contributed by atoms with Gasteiger partial charge in [-0.2, -0.15) is 0 Å². The van der Waals surface area contributed by atoms with Gasteiger partial charge in [0, 0.05) is 0 Å². The summed E-state index contributed by atoms with van der Waals surface area (Å²) < 4.78 is 0. The molecular formula is C9H7N2O2. The zero-order valence-corrected chi connectivity index (χ0v) is 6.74. The summed E-state index contributed by atoms with van der Waals surface area (Å²) in [5, 5.41) is 9.78. The maximum atomic E-state index is 11.2. The topological polar surface area (TPSA) is 66.0 Å². The molecule has 2 rings (SSSR count). The molecule has 0 aliphatic carbocycles. The van der Waals surface area contributed by atoms with Crippen molar-refractivity contribution in [2.75, 3.05) is 0 Å². The van der Waals surface area contributed by atoms with Crippen LogP contribution in [0.4, 0.5) is 0 Å². The minimum Gasteiger partial charge on any atom is -0.506 e. The number of fused-ring (bicyclic) bond motifs is 1. The van der Waals surface area contributed by atoms with Crippen LogP contribution in [0, 0.1) is 6.92 Å². The van der Waals surface area contributed by atoms with Crippen molar-refractivity contribution < 1.29 is 5.11 Å². The zero-order chi connectivity index (χ0) is 9.42. The van der Waals surface area contributed by atoms with Gasteiger partial charge in [0.05, 0.1) is 11.7 Å². The first-order chi connectivity index (χ1) is 6.18. The van der Waals surface area contributed by atoms with Crippen molar-refractivity contribution in [3.8, 4) is 5.75 Å². The molecule has 1 aromatic heterocycles. The maximum Gasteiger partial charge on any atom is 0.258 e. The molecule has 1 heterocycles. The van der Waals surface area contributed by atoms with Gasteiger partial charge in [0.25, 0.3) is 5.56 Å². The Hall–Kier alpha value is -1.84. The highest BCUT2D eigenvalue weighted by Crippen LogP contribution is 2.20. The Balaban J connectivity index is 3.03. The largest absolute Gasteiger partial charge is 0.506 e. The van der Waals surface area contributed by atoms with E-state index in [1.165, 1.54) is 12.4 Å². The average Bonchev–Trinajstić information content (AvgIpc) is 2.07. The summed E-state index contributed by atoms with van der Waals surface area (Å²) >= 11 is 0. The molecule has 1 radical (unpaired) electrons. The second-order valence-electron chi connectivity index (χ2n) is 2.74. The molecule has 1 aromatic carbocycles. The molecule has 0 atom stereocenters. The first-order valence-electron chi connectivity index (χ1n) is 3.71. The van der Waals surface area contributed by atoms with Crippen molar-refractivity contribution >= 4 is 10.9 Å². The van der Waals surface area contributed by atoms with E-state index in [4.69, 9.17) is 0 Å². The highest BCUT2D eigenvalue weighted by atomic mass is 16.3. The number of aromatic nitrogens is 2. The fourth-order valence-electron chi connectivity index (χ4n) is 1.22. The fourth-order valence-corrected chi connectivity index (χ4v) is 1.22. The number of nitrogens with one attached hydrogen (secondary N) is 1. The predicted molar refractivity (Wildman–Crippen MR) is 48.5 cm³/mol. The van der Waals surface area contributed by atoms with Crippen molar-refractivity contribution in [1.82, 2.24) is 9.97 Å². The van der Waals surface area contributed by atoms with E-state index >= 15 is 0 Å². The summed E-state index contributed by atoms with van der Waals surface area (Å²) in [6.45, 7) is 3.63. The van der Waals surface area contributed by atoms with Crippen LogP contribution in [-0.2, 0) is 0 Å². The fraction of sp³-hybridized carbons (Fsp3) is 0.